The number of carbonyl (C=O) groups is 1. The zero-order valence-electron chi connectivity index (χ0n) is 14.8. The fraction of sp³-hybridized carbons (Fsp3) is 0.263. The van der Waals surface area contributed by atoms with Crippen molar-refractivity contribution in [2.24, 2.45) is 0 Å². The third kappa shape index (κ3) is 3.94. The number of benzene rings is 1. The highest BCUT2D eigenvalue weighted by Crippen LogP contribution is 2.22. The van der Waals surface area contributed by atoms with E-state index in [-0.39, 0.29) is 12.6 Å². The lowest BCUT2D eigenvalue weighted by Gasteiger charge is -2.17. The van der Waals surface area contributed by atoms with Gasteiger partial charge in [-0.25, -0.2) is 9.48 Å². The molecule has 3 rings (SSSR count). The van der Waals surface area contributed by atoms with Gasteiger partial charge in [-0.05, 0) is 50.6 Å². The first-order valence-corrected chi connectivity index (χ1v) is 8.43. The van der Waals surface area contributed by atoms with Crippen LogP contribution in [0.2, 0.25) is 0 Å². The molecule has 0 aliphatic carbocycles. The Morgan fingerprint density at radius 1 is 1.27 bits per heavy atom. The lowest BCUT2D eigenvalue weighted by Crippen LogP contribution is -2.33. The second kappa shape index (κ2) is 7.88. The first-order valence-electron chi connectivity index (χ1n) is 8.43. The minimum absolute atomic E-state index is 0.0615. The summed E-state index contributed by atoms with van der Waals surface area (Å²) in [6.45, 7) is 3.83. The number of furan rings is 1. The number of rotatable bonds is 6. The van der Waals surface area contributed by atoms with Crippen LogP contribution in [0.5, 0.6) is 0 Å². The molecule has 2 aromatic heterocycles. The van der Waals surface area contributed by atoms with Crippen molar-refractivity contribution >= 4 is 11.7 Å². The number of amides is 2. The van der Waals surface area contributed by atoms with E-state index in [1.54, 1.807) is 16.8 Å². The third-order valence-electron chi connectivity index (χ3n) is 4.00. The summed E-state index contributed by atoms with van der Waals surface area (Å²) in [5, 5.41) is 19.4. The van der Waals surface area contributed by atoms with Crippen molar-refractivity contribution in [2.45, 2.75) is 26.3 Å². The molecule has 7 nitrogen and oxygen atoms in total. The van der Waals surface area contributed by atoms with Crippen molar-refractivity contribution in [1.29, 1.82) is 0 Å². The van der Waals surface area contributed by atoms with E-state index < -0.39 is 6.04 Å². The quantitative estimate of drug-likeness (QED) is 0.633. The minimum atomic E-state index is -0.407. The van der Waals surface area contributed by atoms with Gasteiger partial charge in [-0.15, -0.1) is 0 Å². The molecule has 3 aromatic rings. The van der Waals surface area contributed by atoms with Crippen LogP contribution in [0.25, 0.3) is 5.69 Å². The first kappa shape index (κ1) is 17.8. The Kier molecular flexibility index (Phi) is 5.38. The van der Waals surface area contributed by atoms with E-state index in [2.05, 4.69) is 15.7 Å². The van der Waals surface area contributed by atoms with Crippen LogP contribution in [-0.4, -0.2) is 27.5 Å². The maximum absolute atomic E-state index is 12.5. The van der Waals surface area contributed by atoms with E-state index in [0.29, 0.717) is 17.9 Å². The predicted octanol–water partition coefficient (Wildman–Crippen LogP) is 3.33. The highest BCUT2D eigenvalue weighted by molar-refractivity contribution is 5.91. The SMILES string of the molecule is Cc1cc(C)n(-c2ccccc2NC(=O)N[C@H](CCO)c2ccco2)n1. The smallest absolute Gasteiger partial charge is 0.319 e. The highest BCUT2D eigenvalue weighted by Gasteiger charge is 2.18. The zero-order chi connectivity index (χ0) is 18.5. The third-order valence-corrected chi connectivity index (χ3v) is 4.00. The lowest BCUT2D eigenvalue weighted by molar-refractivity contribution is 0.233. The van der Waals surface area contributed by atoms with E-state index in [4.69, 9.17) is 4.42 Å². The highest BCUT2D eigenvalue weighted by atomic mass is 16.3. The Balaban J connectivity index is 1.78. The number of hydrogen-bond acceptors (Lipinski definition) is 4. The summed E-state index contributed by atoms with van der Waals surface area (Å²) >= 11 is 0. The Labute approximate surface area is 151 Å². The first-order chi connectivity index (χ1) is 12.6. The Bertz CT molecular complexity index is 871. The molecule has 0 bridgehead atoms. The van der Waals surface area contributed by atoms with Crippen molar-refractivity contribution in [3.8, 4) is 5.69 Å². The molecular formula is C19H22N4O3. The topological polar surface area (TPSA) is 92.3 Å². The molecule has 2 heterocycles. The van der Waals surface area contributed by atoms with E-state index in [1.165, 1.54) is 6.26 Å². The van der Waals surface area contributed by atoms with Crippen molar-refractivity contribution in [3.05, 3.63) is 65.9 Å². The van der Waals surface area contributed by atoms with E-state index >= 15 is 0 Å². The number of anilines is 1. The fourth-order valence-corrected chi connectivity index (χ4v) is 2.86. The van der Waals surface area contributed by atoms with Gasteiger partial charge in [-0.1, -0.05) is 12.1 Å². The molecule has 0 aliphatic rings. The van der Waals surface area contributed by atoms with Gasteiger partial charge in [-0.2, -0.15) is 5.10 Å². The van der Waals surface area contributed by atoms with Crippen LogP contribution >= 0.6 is 0 Å². The molecule has 3 N–H and O–H groups in total. The van der Waals surface area contributed by atoms with Crippen LogP contribution in [0.1, 0.15) is 29.6 Å². The molecule has 7 heteroatoms. The van der Waals surface area contributed by atoms with Gasteiger partial charge in [0.1, 0.15) is 5.76 Å². The molecule has 0 spiro atoms. The molecule has 26 heavy (non-hydrogen) atoms. The largest absolute Gasteiger partial charge is 0.467 e. The summed E-state index contributed by atoms with van der Waals surface area (Å²) in [4.78, 5) is 12.5. The maximum atomic E-state index is 12.5. The van der Waals surface area contributed by atoms with E-state index in [0.717, 1.165) is 17.1 Å². The van der Waals surface area contributed by atoms with Crippen molar-refractivity contribution in [3.63, 3.8) is 0 Å². The number of para-hydroxylation sites is 2. The molecule has 136 valence electrons. The molecule has 0 unspecified atom stereocenters. The number of aliphatic hydroxyl groups excluding tert-OH is 1. The van der Waals surface area contributed by atoms with Gasteiger partial charge >= 0.3 is 6.03 Å². The summed E-state index contributed by atoms with van der Waals surface area (Å²) in [6.07, 6.45) is 1.90. The minimum Gasteiger partial charge on any atom is -0.467 e. The monoisotopic (exact) mass is 354 g/mol. The number of carbonyl (C=O) groups excluding carboxylic acids is 1. The predicted molar refractivity (Wildman–Crippen MR) is 98.3 cm³/mol. The summed E-state index contributed by atoms with van der Waals surface area (Å²) in [7, 11) is 0. The molecular weight excluding hydrogens is 332 g/mol. The molecule has 0 saturated carbocycles. The Morgan fingerprint density at radius 2 is 2.08 bits per heavy atom. The molecule has 0 aliphatic heterocycles. The number of nitrogens with one attached hydrogen (secondary N) is 2. The zero-order valence-corrected chi connectivity index (χ0v) is 14.8. The maximum Gasteiger partial charge on any atom is 0.319 e. The summed E-state index contributed by atoms with van der Waals surface area (Å²) < 4.78 is 7.14. The van der Waals surface area contributed by atoms with Crippen LogP contribution < -0.4 is 10.6 Å². The van der Waals surface area contributed by atoms with Crippen LogP contribution in [0, 0.1) is 13.8 Å². The van der Waals surface area contributed by atoms with Crippen molar-refractivity contribution < 1.29 is 14.3 Å². The van der Waals surface area contributed by atoms with E-state index in [1.807, 2.05) is 44.2 Å². The van der Waals surface area contributed by atoms with Crippen LogP contribution in [0.3, 0.4) is 0 Å². The molecule has 0 saturated heterocycles. The fourth-order valence-electron chi connectivity index (χ4n) is 2.86. The Hall–Kier alpha value is -3.06. The normalized spacial score (nSPS) is 12.0. The van der Waals surface area contributed by atoms with Gasteiger partial charge < -0.3 is 20.2 Å². The number of hydrogen-bond donors (Lipinski definition) is 3. The van der Waals surface area contributed by atoms with Gasteiger partial charge in [0.25, 0.3) is 0 Å². The molecule has 1 atom stereocenters. The molecule has 0 radical (unpaired) electrons. The summed E-state index contributed by atoms with van der Waals surface area (Å²) in [5.74, 6) is 0.598. The molecule has 0 fully saturated rings. The van der Waals surface area contributed by atoms with Gasteiger partial charge in [0.2, 0.25) is 0 Å². The van der Waals surface area contributed by atoms with Gasteiger partial charge in [0.15, 0.2) is 0 Å². The molecule has 2 amide bonds. The van der Waals surface area contributed by atoms with E-state index in [9.17, 15) is 9.90 Å². The van der Waals surface area contributed by atoms with Crippen LogP contribution in [0.15, 0.2) is 53.1 Å². The lowest BCUT2D eigenvalue weighted by atomic mass is 10.1. The van der Waals surface area contributed by atoms with Crippen molar-refractivity contribution in [1.82, 2.24) is 15.1 Å². The number of nitrogens with zero attached hydrogens (tertiary/aromatic N) is 2. The van der Waals surface area contributed by atoms with Gasteiger partial charge in [-0.3, -0.25) is 0 Å². The van der Waals surface area contributed by atoms with Gasteiger partial charge in [0, 0.05) is 12.3 Å². The average Bonchev–Trinajstić information content (AvgIpc) is 3.25. The van der Waals surface area contributed by atoms with Gasteiger partial charge in [0.05, 0.1) is 29.4 Å². The number of urea groups is 1. The Morgan fingerprint density at radius 3 is 2.73 bits per heavy atom. The second-order valence-electron chi connectivity index (χ2n) is 6.03. The standard InChI is InChI=1S/C19H22N4O3/c1-13-12-14(2)23(22-13)17-7-4-3-6-15(17)20-19(25)21-16(9-10-24)18-8-5-11-26-18/h3-8,11-12,16,24H,9-10H2,1-2H3,(H2,20,21,25)/t16-/m1/s1. The summed E-state index contributed by atoms with van der Waals surface area (Å²) in [6, 6.07) is 12.2. The molecule has 1 aromatic carbocycles. The number of aryl methyl sites for hydroxylation is 2. The second-order valence-corrected chi connectivity index (χ2v) is 6.03. The van der Waals surface area contributed by atoms with Crippen LogP contribution in [0.4, 0.5) is 10.5 Å². The summed E-state index contributed by atoms with van der Waals surface area (Å²) in [5.41, 5.74) is 3.30. The number of aromatic nitrogens is 2. The van der Waals surface area contributed by atoms with Crippen molar-refractivity contribution in [2.75, 3.05) is 11.9 Å². The average molecular weight is 354 g/mol. The number of aliphatic hydroxyl groups is 1. The van der Waals surface area contributed by atoms with Crippen LogP contribution in [-0.2, 0) is 0 Å².